The van der Waals surface area contributed by atoms with E-state index in [1.165, 1.54) is 12.1 Å². The van der Waals surface area contributed by atoms with Gasteiger partial charge >= 0.3 is 5.97 Å². The molecule has 0 bridgehead atoms. The number of esters is 1. The summed E-state index contributed by atoms with van der Waals surface area (Å²) in [7, 11) is -3.82. The molecule has 0 aliphatic carbocycles. The highest BCUT2D eigenvalue weighted by Gasteiger charge is 2.13. The summed E-state index contributed by atoms with van der Waals surface area (Å²) in [5.74, 6) is -1.30. The second-order valence-electron chi connectivity index (χ2n) is 5.67. The highest BCUT2D eigenvalue weighted by atomic mass is 35.5. The predicted octanol–water partition coefficient (Wildman–Crippen LogP) is 2.96. The topological polar surface area (TPSA) is 89.5 Å². The van der Waals surface area contributed by atoms with Crippen molar-refractivity contribution in [3.05, 3.63) is 75.7 Å². The van der Waals surface area contributed by atoms with Gasteiger partial charge in [0.25, 0.3) is 0 Å². The third-order valence-electron chi connectivity index (χ3n) is 3.45. The fourth-order valence-electron chi connectivity index (χ4n) is 2.00. The summed E-state index contributed by atoms with van der Waals surface area (Å²) in [5, 5.41) is 1.35. The Labute approximate surface area is 162 Å². The van der Waals surface area contributed by atoms with E-state index in [2.05, 4.69) is 4.72 Å². The van der Waals surface area contributed by atoms with Crippen LogP contribution in [0.4, 0.5) is 0 Å². The second kappa shape index (κ2) is 9.45. The summed E-state index contributed by atoms with van der Waals surface area (Å²) < 4.78 is 30.6. The largest absolute Gasteiger partial charge is 0.456 e. The molecule has 1 N–H and O–H groups in total. The van der Waals surface area contributed by atoms with E-state index in [1.807, 2.05) is 19.1 Å². The van der Waals surface area contributed by atoms with Gasteiger partial charge in [-0.2, -0.15) is 0 Å². The Morgan fingerprint density at radius 1 is 1.15 bits per heavy atom. The minimum atomic E-state index is -3.82. The van der Waals surface area contributed by atoms with Crippen LogP contribution in [0.25, 0.3) is 6.08 Å². The lowest BCUT2D eigenvalue weighted by molar-refractivity contribution is -0.141. The first-order valence-electron chi connectivity index (χ1n) is 7.94. The Hall–Kier alpha value is -2.48. The van der Waals surface area contributed by atoms with Crippen LogP contribution in [-0.4, -0.2) is 33.3 Å². The van der Waals surface area contributed by atoms with E-state index >= 15 is 0 Å². The molecule has 0 unspecified atom stereocenters. The van der Waals surface area contributed by atoms with Gasteiger partial charge in [0.1, 0.15) is 6.54 Å². The first-order chi connectivity index (χ1) is 12.7. The van der Waals surface area contributed by atoms with Crippen molar-refractivity contribution in [3.8, 4) is 0 Å². The van der Waals surface area contributed by atoms with Crippen molar-refractivity contribution in [2.75, 3.05) is 13.2 Å². The fourth-order valence-corrected chi connectivity index (χ4v) is 2.94. The molecule has 0 saturated carbocycles. The predicted molar refractivity (Wildman–Crippen MR) is 104 cm³/mol. The second-order valence-corrected chi connectivity index (χ2v) is 7.76. The van der Waals surface area contributed by atoms with E-state index in [9.17, 15) is 18.0 Å². The highest BCUT2D eigenvalue weighted by Crippen LogP contribution is 2.11. The van der Waals surface area contributed by atoms with Crippen LogP contribution in [0.5, 0.6) is 0 Å². The smallest absolute Gasteiger partial charge is 0.321 e. The molecule has 0 aliphatic rings. The third kappa shape index (κ3) is 7.34. The summed E-state index contributed by atoms with van der Waals surface area (Å²) in [6.45, 7) is 0.845. The molecule has 2 aromatic rings. The number of carbonyl (C=O) groups is 2. The molecule has 0 fully saturated rings. The lowest BCUT2D eigenvalue weighted by Crippen LogP contribution is -2.30. The number of halogens is 1. The van der Waals surface area contributed by atoms with Crippen LogP contribution in [0.15, 0.2) is 53.9 Å². The monoisotopic (exact) mass is 407 g/mol. The van der Waals surface area contributed by atoms with Crippen LogP contribution >= 0.6 is 11.6 Å². The molecule has 0 spiro atoms. The fraction of sp³-hybridized carbons (Fsp3) is 0.158. The Morgan fingerprint density at radius 2 is 1.85 bits per heavy atom. The van der Waals surface area contributed by atoms with E-state index in [-0.39, 0.29) is 0 Å². The van der Waals surface area contributed by atoms with Gasteiger partial charge in [-0.15, -0.1) is 0 Å². The van der Waals surface area contributed by atoms with E-state index in [1.54, 1.807) is 30.3 Å². The minimum Gasteiger partial charge on any atom is -0.456 e. The maximum absolute atomic E-state index is 11.9. The number of aryl methyl sites for hydroxylation is 1. The van der Waals surface area contributed by atoms with Crippen LogP contribution in [0, 0.1) is 6.92 Å². The quantitative estimate of drug-likeness (QED) is 0.536. The number of ketones is 1. The van der Waals surface area contributed by atoms with Gasteiger partial charge in [0.2, 0.25) is 10.0 Å². The van der Waals surface area contributed by atoms with Gasteiger partial charge in [0.15, 0.2) is 12.4 Å². The standard InChI is InChI=1S/C19H18ClNO5S/c1-14-5-7-15(8-6-14)9-10-27(24,25)21-12-19(23)26-13-18(22)16-3-2-4-17(20)11-16/h2-11,21H,12-13H2,1H3. The maximum Gasteiger partial charge on any atom is 0.321 e. The summed E-state index contributed by atoms with van der Waals surface area (Å²) in [6.07, 6.45) is 1.41. The Balaban J connectivity index is 1.81. The van der Waals surface area contributed by atoms with Gasteiger partial charge in [-0.3, -0.25) is 9.59 Å². The maximum atomic E-state index is 11.9. The lowest BCUT2D eigenvalue weighted by Gasteiger charge is -2.05. The number of hydrogen-bond acceptors (Lipinski definition) is 5. The van der Waals surface area contributed by atoms with E-state index in [0.717, 1.165) is 11.0 Å². The van der Waals surface area contributed by atoms with Crippen molar-refractivity contribution < 1.29 is 22.7 Å². The summed E-state index contributed by atoms with van der Waals surface area (Å²) in [6, 6.07) is 13.5. The molecule has 0 aromatic heterocycles. The molecule has 0 amide bonds. The molecule has 0 aliphatic heterocycles. The average molecular weight is 408 g/mol. The van der Waals surface area contributed by atoms with E-state index in [4.69, 9.17) is 16.3 Å². The number of rotatable bonds is 8. The van der Waals surface area contributed by atoms with Crippen molar-refractivity contribution in [1.29, 1.82) is 0 Å². The Bertz CT molecular complexity index is 952. The average Bonchev–Trinajstić information content (AvgIpc) is 2.64. The molecule has 0 atom stereocenters. The molecule has 27 heavy (non-hydrogen) atoms. The number of benzene rings is 2. The van der Waals surface area contributed by atoms with Gasteiger partial charge in [-0.1, -0.05) is 53.6 Å². The third-order valence-corrected chi connectivity index (χ3v) is 4.72. The van der Waals surface area contributed by atoms with E-state index in [0.29, 0.717) is 16.1 Å². The number of Topliss-reactive ketones (excluding diaryl/α,β-unsaturated/α-hetero) is 1. The van der Waals surface area contributed by atoms with Crippen molar-refractivity contribution in [1.82, 2.24) is 4.72 Å². The Morgan fingerprint density at radius 3 is 2.52 bits per heavy atom. The zero-order chi connectivity index (χ0) is 19.9. The SMILES string of the molecule is Cc1ccc(C=CS(=O)(=O)NCC(=O)OCC(=O)c2cccc(Cl)c2)cc1. The summed E-state index contributed by atoms with van der Waals surface area (Å²) in [4.78, 5) is 23.6. The molecule has 6 nitrogen and oxygen atoms in total. The normalized spacial score (nSPS) is 11.5. The lowest BCUT2D eigenvalue weighted by atomic mass is 10.1. The number of sulfonamides is 1. The van der Waals surface area contributed by atoms with Crippen molar-refractivity contribution in [2.24, 2.45) is 0 Å². The number of carbonyl (C=O) groups excluding carboxylic acids is 2. The van der Waals surface area contributed by atoms with Crippen molar-refractivity contribution >= 4 is 39.5 Å². The van der Waals surface area contributed by atoms with Crippen LogP contribution in [-0.2, 0) is 19.6 Å². The van der Waals surface area contributed by atoms with Crippen molar-refractivity contribution in [3.63, 3.8) is 0 Å². The molecule has 2 aromatic carbocycles. The first-order valence-corrected chi connectivity index (χ1v) is 9.86. The summed E-state index contributed by atoms with van der Waals surface area (Å²) >= 11 is 5.79. The molecule has 0 saturated heterocycles. The van der Waals surface area contributed by atoms with Crippen LogP contribution in [0.3, 0.4) is 0 Å². The molecule has 2 rings (SSSR count). The molecular formula is C19H18ClNO5S. The van der Waals surface area contributed by atoms with Gasteiger partial charge in [-0.25, -0.2) is 13.1 Å². The molecule has 8 heteroatoms. The zero-order valence-corrected chi connectivity index (χ0v) is 16.1. The van der Waals surface area contributed by atoms with Gasteiger partial charge < -0.3 is 4.74 Å². The van der Waals surface area contributed by atoms with Crippen LogP contribution < -0.4 is 4.72 Å². The Kier molecular flexibility index (Phi) is 7.29. The highest BCUT2D eigenvalue weighted by molar-refractivity contribution is 7.92. The number of ether oxygens (including phenoxy) is 1. The van der Waals surface area contributed by atoms with Crippen LogP contribution in [0.1, 0.15) is 21.5 Å². The molecule has 0 heterocycles. The van der Waals surface area contributed by atoms with Gasteiger partial charge in [0.05, 0.1) is 0 Å². The summed E-state index contributed by atoms with van der Waals surface area (Å²) in [5.41, 5.74) is 2.07. The molecule has 0 radical (unpaired) electrons. The first kappa shape index (κ1) is 20.8. The number of nitrogens with one attached hydrogen (secondary N) is 1. The van der Waals surface area contributed by atoms with Gasteiger partial charge in [0, 0.05) is 16.0 Å². The van der Waals surface area contributed by atoms with E-state index < -0.39 is 34.9 Å². The number of hydrogen-bond donors (Lipinski definition) is 1. The molecular weight excluding hydrogens is 390 g/mol. The zero-order valence-electron chi connectivity index (χ0n) is 14.5. The molecule has 142 valence electrons. The van der Waals surface area contributed by atoms with Crippen LogP contribution in [0.2, 0.25) is 5.02 Å². The van der Waals surface area contributed by atoms with Gasteiger partial charge in [-0.05, 0) is 30.7 Å². The minimum absolute atomic E-state index is 0.303. The van der Waals surface area contributed by atoms with Crippen molar-refractivity contribution in [2.45, 2.75) is 6.92 Å².